The zero-order valence-electron chi connectivity index (χ0n) is 22.7. The molecular weight excluding hydrogens is 535 g/mol. The van der Waals surface area contributed by atoms with Gasteiger partial charge >= 0.3 is 0 Å². The van der Waals surface area contributed by atoms with Gasteiger partial charge in [0, 0.05) is 61.1 Å². The molecule has 1 amide bonds. The molecule has 6 rings (SSSR count). The van der Waals surface area contributed by atoms with Gasteiger partial charge in [-0.3, -0.25) is 14.3 Å². The highest BCUT2D eigenvalue weighted by molar-refractivity contribution is 7.98. The van der Waals surface area contributed by atoms with Gasteiger partial charge in [0.15, 0.2) is 11.0 Å². The summed E-state index contributed by atoms with van der Waals surface area (Å²) in [5.41, 5.74) is 5.38. The minimum atomic E-state index is -0.230. The van der Waals surface area contributed by atoms with Crippen LogP contribution >= 0.6 is 11.8 Å². The van der Waals surface area contributed by atoms with Crippen LogP contribution in [-0.4, -0.2) is 56.7 Å². The average molecular weight is 565 g/mol. The molecule has 1 aliphatic rings. The van der Waals surface area contributed by atoms with E-state index < -0.39 is 0 Å². The van der Waals surface area contributed by atoms with Crippen molar-refractivity contribution < 1.29 is 9.18 Å². The molecule has 206 valence electrons. The van der Waals surface area contributed by atoms with E-state index in [2.05, 4.69) is 50.9 Å². The molecule has 1 saturated heterocycles. The van der Waals surface area contributed by atoms with Crippen molar-refractivity contribution in [2.75, 3.05) is 31.1 Å². The lowest BCUT2D eigenvalue weighted by Crippen LogP contribution is -2.49. The first-order chi connectivity index (χ1) is 20.1. The number of nitrogens with zero attached hydrogens (tertiary/aromatic N) is 6. The fraction of sp³-hybridized carbons (Fsp3) is 0.188. The van der Waals surface area contributed by atoms with Crippen molar-refractivity contribution in [2.45, 2.75) is 17.8 Å². The predicted molar refractivity (Wildman–Crippen MR) is 160 cm³/mol. The van der Waals surface area contributed by atoms with Crippen molar-refractivity contribution >= 4 is 23.4 Å². The van der Waals surface area contributed by atoms with E-state index in [1.54, 1.807) is 36.3 Å². The standard InChI is InChI=1S/C32H29FN6OS/c1-23-8-14-27(15-9-23)39-30(26-5-4-16-34-21-26)35-36-32(39)41-22-24-10-12-25(13-11-24)31(40)38-19-17-37(18-20-38)29-7-3-2-6-28(29)33/h2-16,21H,17-20,22H2,1H3. The lowest BCUT2D eigenvalue weighted by atomic mass is 10.1. The number of carbonyl (C=O) groups excluding carboxylic acids is 1. The molecule has 0 saturated carbocycles. The largest absolute Gasteiger partial charge is 0.366 e. The topological polar surface area (TPSA) is 67.2 Å². The molecule has 0 unspecified atom stereocenters. The van der Waals surface area contributed by atoms with Gasteiger partial charge < -0.3 is 9.80 Å². The molecule has 0 atom stereocenters. The van der Waals surface area contributed by atoms with Crippen LogP contribution in [0.3, 0.4) is 0 Å². The van der Waals surface area contributed by atoms with E-state index in [1.165, 1.54) is 11.6 Å². The maximum absolute atomic E-state index is 14.2. The number of benzene rings is 3. The van der Waals surface area contributed by atoms with E-state index in [-0.39, 0.29) is 11.7 Å². The monoisotopic (exact) mass is 564 g/mol. The van der Waals surface area contributed by atoms with Crippen molar-refractivity contribution in [3.05, 3.63) is 120 Å². The summed E-state index contributed by atoms with van der Waals surface area (Å²) >= 11 is 1.59. The zero-order valence-corrected chi connectivity index (χ0v) is 23.5. The molecule has 0 bridgehead atoms. The van der Waals surface area contributed by atoms with Crippen LogP contribution in [0.2, 0.25) is 0 Å². The molecule has 2 aromatic heterocycles. The second-order valence-electron chi connectivity index (χ2n) is 9.94. The summed E-state index contributed by atoms with van der Waals surface area (Å²) in [6, 6.07) is 26.7. The number of aryl methyl sites for hydroxylation is 1. The zero-order chi connectivity index (χ0) is 28.2. The van der Waals surface area contributed by atoms with Crippen LogP contribution in [0.4, 0.5) is 10.1 Å². The van der Waals surface area contributed by atoms with Gasteiger partial charge in [-0.15, -0.1) is 10.2 Å². The molecule has 1 aliphatic heterocycles. The summed E-state index contributed by atoms with van der Waals surface area (Å²) in [5, 5.41) is 9.78. The van der Waals surface area contributed by atoms with Gasteiger partial charge in [0.1, 0.15) is 5.82 Å². The number of hydrogen-bond donors (Lipinski definition) is 0. The van der Waals surface area contributed by atoms with Crippen LogP contribution < -0.4 is 4.90 Å². The van der Waals surface area contributed by atoms with Crippen molar-refractivity contribution in [1.82, 2.24) is 24.6 Å². The van der Waals surface area contributed by atoms with Gasteiger partial charge in [-0.2, -0.15) is 0 Å². The summed E-state index contributed by atoms with van der Waals surface area (Å²) in [6.45, 7) is 4.37. The number of piperazine rings is 1. The van der Waals surface area contributed by atoms with E-state index in [9.17, 15) is 9.18 Å². The number of pyridine rings is 1. The number of halogens is 1. The van der Waals surface area contributed by atoms with Gasteiger partial charge in [0.05, 0.1) is 5.69 Å². The minimum Gasteiger partial charge on any atom is -0.366 e. The molecule has 3 heterocycles. The second-order valence-corrected chi connectivity index (χ2v) is 10.9. The second kappa shape index (κ2) is 11.9. The van der Waals surface area contributed by atoms with Crippen LogP contribution in [0, 0.1) is 12.7 Å². The Bertz CT molecular complexity index is 1630. The van der Waals surface area contributed by atoms with Gasteiger partial charge in [0.2, 0.25) is 0 Å². The first-order valence-electron chi connectivity index (χ1n) is 13.5. The van der Waals surface area contributed by atoms with Crippen molar-refractivity contribution in [2.24, 2.45) is 0 Å². The normalized spacial score (nSPS) is 13.4. The molecule has 0 aliphatic carbocycles. The van der Waals surface area contributed by atoms with E-state index in [1.807, 2.05) is 52.3 Å². The Morgan fingerprint density at radius 3 is 2.34 bits per heavy atom. The van der Waals surface area contributed by atoms with E-state index >= 15 is 0 Å². The average Bonchev–Trinajstić information content (AvgIpc) is 3.45. The molecule has 0 N–H and O–H groups in total. The van der Waals surface area contributed by atoms with Crippen LogP contribution in [0.15, 0.2) is 102 Å². The maximum atomic E-state index is 14.2. The molecule has 5 aromatic rings. The molecular formula is C32H29FN6OS. The number of amides is 1. The van der Waals surface area contributed by atoms with Crippen LogP contribution in [-0.2, 0) is 5.75 Å². The Morgan fingerprint density at radius 2 is 1.63 bits per heavy atom. The van der Waals surface area contributed by atoms with Crippen LogP contribution in [0.5, 0.6) is 0 Å². The Labute approximate surface area is 242 Å². The molecule has 0 spiro atoms. The Hall–Kier alpha value is -4.50. The maximum Gasteiger partial charge on any atom is 0.253 e. The predicted octanol–water partition coefficient (Wildman–Crippen LogP) is 6.03. The number of anilines is 1. The lowest BCUT2D eigenvalue weighted by Gasteiger charge is -2.36. The number of aromatic nitrogens is 4. The molecule has 9 heteroatoms. The summed E-state index contributed by atoms with van der Waals surface area (Å²) in [4.78, 5) is 21.3. The fourth-order valence-electron chi connectivity index (χ4n) is 4.90. The van der Waals surface area contributed by atoms with E-state index in [0.29, 0.717) is 43.2 Å². The van der Waals surface area contributed by atoms with Crippen LogP contribution in [0.1, 0.15) is 21.5 Å². The highest BCUT2D eigenvalue weighted by Crippen LogP contribution is 2.30. The Balaban J connectivity index is 1.12. The van der Waals surface area contributed by atoms with E-state index in [0.717, 1.165) is 27.8 Å². The summed E-state index contributed by atoms with van der Waals surface area (Å²) in [6.07, 6.45) is 3.53. The summed E-state index contributed by atoms with van der Waals surface area (Å²) < 4.78 is 16.2. The lowest BCUT2D eigenvalue weighted by molar-refractivity contribution is 0.0746. The first-order valence-corrected chi connectivity index (χ1v) is 14.5. The van der Waals surface area contributed by atoms with Gasteiger partial charge in [-0.25, -0.2) is 4.39 Å². The third-order valence-electron chi connectivity index (χ3n) is 7.17. The molecule has 41 heavy (non-hydrogen) atoms. The van der Waals surface area contributed by atoms with E-state index in [4.69, 9.17) is 0 Å². The molecule has 3 aromatic carbocycles. The third kappa shape index (κ3) is 5.85. The number of hydrogen-bond acceptors (Lipinski definition) is 6. The van der Waals surface area contributed by atoms with Crippen molar-refractivity contribution in [3.63, 3.8) is 0 Å². The highest BCUT2D eigenvalue weighted by Gasteiger charge is 2.24. The number of para-hydroxylation sites is 1. The van der Waals surface area contributed by atoms with Gasteiger partial charge in [-0.1, -0.05) is 53.7 Å². The SMILES string of the molecule is Cc1ccc(-n2c(SCc3ccc(C(=O)N4CCN(c5ccccc5F)CC4)cc3)nnc2-c2cccnc2)cc1. The first kappa shape index (κ1) is 26.7. The summed E-state index contributed by atoms with van der Waals surface area (Å²) in [7, 11) is 0. The van der Waals surface area contributed by atoms with Gasteiger partial charge in [-0.05, 0) is 61.0 Å². The van der Waals surface area contributed by atoms with Crippen molar-refractivity contribution in [3.8, 4) is 17.1 Å². The van der Waals surface area contributed by atoms with Crippen LogP contribution in [0.25, 0.3) is 17.1 Å². The summed E-state index contributed by atoms with van der Waals surface area (Å²) in [5.74, 6) is 1.18. The highest BCUT2D eigenvalue weighted by atomic mass is 32.2. The quantitative estimate of drug-likeness (QED) is 0.225. The minimum absolute atomic E-state index is 0.00221. The smallest absolute Gasteiger partial charge is 0.253 e. The number of rotatable bonds is 7. The number of thioether (sulfide) groups is 1. The fourth-order valence-corrected chi connectivity index (χ4v) is 5.81. The third-order valence-corrected chi connectivity index (χ3v) is 8.17. The Morgan fingerprint density at radius 1 is 0.878 bits per heavy atom. The Kier molecular flexibility index (Phi) is 7.78. The molecule has 7 nitrogen and oxygen atoms in total. The molecule has 1 fully saturated rings. The molecule has 0 radical (unpaired) electrons. The van der Waals surface area contributed by atoms with Gasteiger partial charge in [0.25, 0.3) is 5.91 Å². The van der Waals surface area contributed by atoms with Crippen molar-refractivity contribution in [1.29, 1.82) is 0 Å². The number of carbonyl (C=O) groups is 1.